The molecule has 0 N–H and O–H groups in total. The Morgan fingerprint density at radius 3 is 2.04 bits per heavy atom. The van der Waals surface area contributed by atoms with E-state index in [0.717, 1.165) is 12.8 Å². The van der Waals surface area contributed by atoms with Crippen molar-refractivity contribution in [1.29, 1.82) is 0 Å². The molecule has 23 heavy (non-hydrogen) atoms. The Kier molecular flexibility index (Phi) is 3.18. The number of benzene rings is 1. The van der Waals surface area contributed by atoms with Crippen molar-refractivity contribution in [1.82, 2.24) is 0 Å². The van der Waals surface area contributed by atoms with Crippen molar-refractivity contribution in [2.45, 2.75) is 12.8 Å². The molecule has 4 atom stereocenters. The van der Waals surface area contributed by atoms with Crippen LogP contribution in [0.25, 0.3) is 0 Å². The predicted molar refractivity (Wildman–Crippen MR) is 84.4 cm³/mol. The fourth-order valence-electron chi connectivity index (χ4n) is 4.28. The van der Waals surface area contributed by atoms with Crippen molar-refractivity contribution in [3.8, 4) is 11.5 Å². The number of carbonyl (C=O) groups excluding carboxylic acids is 2. The first-order valence-corrected chi connectivity index (χ1v) is 7.94. The standard InChI is InChI=1S/C18H19NO4/c1-22-12-7-8-14(23-2)13(9-12)19-17(20)15-10-3-4-11(6-5-10)16(15)18(19)21/h3-4,7-11,15-16H,5-6H2,1-2H3. The second-order valence-corrected chi connectivity index (χ2v) is 6.39. The number of hydrogen-bond acceptors (Lipinski definition) is 4. The summed E-state index contributed by atoms with van der Waals surface area (Å²) in [6.07, 6.45) is 6.22. The number of anilines is 1. The number of methoxy groups -OCH3 is 2. The van der Waals surface area contributed by atoms with E-state index in [-0.39, 0.29) is 35.5 Å². The largest absolute Gasteiger partial charge is 0.497 e. The van der Waals surface area contributed by atoms with E-state index in [9.17, 15) is 9.59 Å². The lowest BCUT2D eigenvalue weighted by Gasteiger charge is -2.38. The van der Waals surface area contributed by atoms with Crippen molar-refractivity contribution in [3.63, 3.8) is 0 Å². The summed E-state index contributed by atoms with van der Waals surface area (Å²) < 4.78 is 10.6. The third-order valence-corrected chi connectivity index (χ3v) is 5.39. The number of amides is 2. The van der Waals surface area contributed by atoms with Gasteiger partial charge in [0.15, 0.2) is 0 Å². The highest BCUT2D eigenvalue weighted by Crippen LogP contribution is 2.51. The van der Waals surface area contributed by atoms with E-state index in [2.05, 4.69) is 12.2 Å². The summed E-state index contributed by atoms with van der Waals surface area (Å²) in [6, 6.07) is 5.18. The first kappa shape index (κ1) is 14.3. The molecule has 1 aromatic rings. The number of hydrogen-bond donors (Lipinski definition) is 0. The van der Waals surface area contributed by atoms with Crippen LogP contribution in [0.1, 0.15) is 12.8 Å². The van der Waals surface area contributed by atoms with E-state index < -0.39 is 0 Å². The van der Waals surface area contributed by atoms with Crippen molar-refractivity contribution in [2.24, 2.45) is 23.7 Å². The maximum absolute atomic E-state index is 13.0. The molecular formula is C18H19NO4. The van der Waals surface area contributed by atoms with E-state index in [1.807, 2.05) is 0 Å². The number of nitrogens with zero attached hydrogens (tertiary/aromatic N) is 1. The Morgan fingerprint density at radius 2 is 1.57 bits per heavy atom. The molecule has 5 rings (SSSR count). The molecule has 2 bridgehead atoms. The van der Waals surface area contributed by atoms with Crippen molar-refractivity contribution < 1.29 is 19.1 Å². The Hall–Kier alpha value is -2.30. The number of ether oxygens (including phenoxy) is 2. The fraction of sp³-hybridized carbons (Fsp3) is 0.444. The first-order chi connectivity index (χ1) is 11.2. The van der Waals surface area contributed by atoms with Gasteiger partial charge < -0.3 is 9.47 Å². The Balaban J connectivity index is 1.79. The van der Waals surface area contributed by atoms with Gasteiger partial charge in [-0.1, -0.05) is 12.2 Å². The predicted octanol–water partition coefficient (Wildman–Crippen LogP) is 2.41. The molecule has 5 heteroatoms. The van der Waals surface area contributed by atoms with E-state index in [1.165, 1.54) is 12.0 Å². The summed E-state index contributed by atoms with van der Waals surface area (Å²) in [5.74, 6) is 0.815. The Labute approximate surface area is 134 Å². The number of carbonyl (C=O) groups is 2. The molecule has 4 aliphatic rings. The molecule has 4 unspecified atom stereocenters. The lowest BCUT2D eigenvalue weighted by molar-refractivity contribution is -0.124. The normalized spacial score (nSPS) is 31.5. The van der Waals surface area contributed by atoms with Crippen LogP contribution in [0, 0.1) is 23.7 Å². The summed E-state index contributed by atoms with van der Waals surface area (Å²) in [5.41, 5.74) is 0.482. The molecule has 2 fully saturated rings. The molecular weight excluding hydrogens is 294 g/mol. The van der Waals surface area contributed by atoms with E-state index in [4.69, 9.17) is 9.47 Å². The van der Waals surface area contributed by atoms with Crippen molar-refractivity contribution in [3.05, 3.63) is 30.4 Å². The topological polar surface area (TPSA) is 55.8 Å². The number of allylic oxidation sites excluding steroid dienone is 2. The van der Waals surface area contributed by atoms with Gasteiger partial charge in [-0.15, -0.1) is 0 Å². The van der Waals surface area contributed by atoms with Gasteiger partial charge in [0.05, 0.1) is 31.7 Å². The molecule has 0 radical (unpaired) electrons. The summed E-state index contributed by atoms with van der Waals surface area (Å²) >= 11 is 0. The zero-order chi connectivity index (χ0) is 16.1. The van der Waals surface area contributed by atoms with Gasteiger partial charge in [0.1, 0.15) is 11.5 Å². The van der Waals surface area contributed by atoms with E-state index in [1.54, 1.807) is 25.3 Å². The van der Waals surface area contributed by atoms with Crippen molar-refractivity contribution >= 4 is 17.5 Å². The van der Waals surface area contributed by atoms with E-state index in [0.29, 0.717) is 17.2 Å². The minimum absolute atomic E-state index is 0.106. The van der Waals surface area contributed by atoms with Crippen LogP contribution in [-0.4, -0.2) is 26.0 Å². The summed E-state index contributed by atoms with van der Waals surface area (Å²) in [6.45, 7) is 0. The summed E-state index contributed by atoms with van der Waals surface area (Å²) in [7, 11) is 3.10. The molecule has 1 aromatic carbocycles. The molecule has 0 aromatic heterocycles. The van der Waals surface area contributed by atoms with Gasteiger partial charge in [0, 0.05) is 6.07 Å². The van der Waals surface area contributed by atoms with Gasteiger partial charge in [-0.05, 0) is 36.8 Å². The lowest BCUT2D eigenvalue weighted by atomic mass is 9.63. The third kappa shape index (κ3) is 1.92. The Morgan fingerprint density at radius 1 is 0.957 bits per heavy atom. The minimum Gasteiger partial charge on any atom is -0.497 e. The van der Waals surface area contributed by atoms with Crippen LogP contribution < -0.4 is 14.4 Å². The highest BCUT2D eigenvalue weighted by atomic mass is 16.5. The van der Waals surface area contributed by atoms with Crippen LogP contribution in [-0.2, 0) is 9.59 Å². The van der Waals surface area contributed by atoms with Gasteiger partial charge in [-0.3, -0.25) is 9.59 Å². The maximum atomic E-state index is 13.0. The molecule has 3 aliphatic carbocycles. The molecule has 120 valence electrons. The zero-order valence-corrected chi connectivity index (χ0v) is 13.2. The quantitative estimate of drug-likeness (QED) is 0.635. The molecule has 1 aliphatic heterocycles. The van der Waals surface area contributed by atoms with Crippen LogP contribution in [0.3, 0.4) is 0 Å². The number of fused-ring (bicyclic) bond motifs is 1. The third-order valence-electron chi connectivity index (χ3n) is 5.39. The summed E-state index contributed by atoms with van der Waals surface area (Å²) in [4.78, 5) is 27.3. The molecule has 1 saturated carbocycles. The number of imide groups is 1. The second-order valence-electron chi connectivity index (χ2n) is 6.39. The smallest absolute Gasteiger partial charge is 0.238 e. The minimum atomic E-state index is -0.220. The van der Waals surface area contributed by atoms with Crippen LogP contribution in [0.4, 0.5) is 5.69 Å². The zero-order valence-electron chi connectivity index (χ0n) is 13.2. The highest BCUT2D eigenvalue weighted by molar-refractivity contribution is 6.23. The monoisotopic (exact) mass is 313 g/mol. The molecule has 0 spiro atoms. The van der Waals surface area contributed by atoms with E-state index >= 15 is 0 Å². The van der Waals surface area contributed by atoms with Crippen molar-refractivity contribution in [2.75, 3.05) is 19.1 Å². The highest BCUT2D eigenvalue weighted by Gasteiger charge is 2.57. The lowest BCUT2D eigenvalue weighted by Crippen LogP contribution is -2.38. The average Bonchev–Trinajstić information content (AvgIpc) is 2.88. The number of rotatable bonds is 3. The molecule has 1 heterocycles. The van der Waals surface area contributed by atoms with Gasteiger partial charge >= 0.3 is 0 Å². The van der Waals surface area contributed by atoms with Gasteiger partial charge in [-0.25, -0.2) is 4.90 Å². The van der Waals surface area contributed by atoms with Crippen LogP contribution in [0.15, 0.2) is 30.4 Å². The van der Waals surface area contributed by atoms with Crippen LogP contribution in [0.5, 0.6) is 11.5 Å². The second kappa shape index (κ2) is 5.11. The SMILES string of the molecule is COc1ccc(OC)c(N2C(=O)C3C4C=CC(CC4)C3C2=O)c1. The molecule has 2 amide bonds. The molecule has 5 nitrogen and oxygen atoms in total. The van der Waals surface area contributed by atoms with Gasteiger partial charge in [0.2, 0.25) is 11.8 Å². The summed E-state index contributed by atoms with van der Waals surface area (Å²) in [5, 5.41) is 0. The van der Waals surface area contributed by atoms with Crippen LogP contribution in [0.2, 0.25) is 0 Å². The average molecular weight is 313 g/mol. The first-order valence-electron chi connectivity index (χ1n) is 7.94. The Bertz CT molecular complexity index is 679. The van der Waals surface area contributed by atoms with Gasteiger partial charge in [0.25, 0.3) is 0 Å². The maximum Gasteiger partial charge on any atom is 0.238 e. The van der Waals surface area contributed by atoms with Gasteiger partial charge in [-0.2, -0.15) is 0 Å². The fourth-order valence-corrected chi connectivity index (χ4v) is 4.28. The molecule has 1 saturated heterocycles. The van der Waals surface area contributed by atoms with Crippen LogP contribution >= 0.6 is 0 Å².